The number of amides is 1. The van der Waals surface area contributed by atoms with Crippen LogP contribution >= 0.6 is 0 Å². The molecule has 7 heteroatoms. The summed E-state index contributed by atoms with van der Waals surface area (Å²) in [5.74, 6) is 2.37. The van der Waals surface area contributed by atoms with Crippen LogP contribution in [-0.2, 0) is 11.4 Å². The van der Waals surface area contributed by atoms with E-state index in [2.05, 4.69) is 15.3 Å². The van der Waals surface area contributed by atoms with E-state index in [0.29, 0.717) is 19.1 Å². The van der Waals surface area contributed by atoms with Gasteiger partial charge >= 0.3 is 5.69 Å². The second-order valence-electron chi connectivity index (χ2n) is 8.49. The monoisotopic (exact) mass is 411 g/mol. The highest BCUT2D eigenvalue weighted by Gasteiger charge is 2.31. The molecular formula is C23H29N3O4. The number of hydrogen-bond acceptors (Lipinski definition) is 5. The van der Waals surface area contributed by atoms with Crippen LogP contribution in [0.25, 0.3) is 0 Å². The van der Waals surface area contributed by atoms with Gasteiger partial charge in [0.25, 0.3) is 5.91 Å². The molecule has 2 unspecified atom stereocenters. The number of H-pyrrole nitrogens is 1. The lowest BCUT2D eigenvalue weighted by Gasteiger charge is -2.39. The highest BCUT2D eigenvalue weighted by Crippen LogP contribution is 2.42. The molecule has 30 heavy (non-hydrogen) atoms. The summed E-state index contributed by atoms with van der Waals surface area (Å²) in [6, 6.07) is 11.1. The highest BCUT2D eigenvalue weighted by atomic mass is 16.5. The van der Waals surface area contributed by atoms with E-state index >= 15 is 0 Å². The van der Waals surface area contributed by atoms with E-state index in [4.69, 9.17) is 9.47 Å². The Balaban J connectivity index is 1.23. The van der Waals surface area contributed by atoms with Crippen molar-refractivity contribution >= 4 is 5.91 Å². The van der Waals surface area contributed by atoms with Crippen LogP contribution in [0, 0.1) is 17.8 Å². The van der Waals surface area contributed by atoms with E-state index in [-0.39, 0.29) is 24.3 Å². The minimum absolute atomic E-state index is 0.0733. The fraction of sp³-hybridized carbons (Fsp3) is 0.522. The van der Waals surface area contributed by atoms with Crippen molar-refractivity contribution in [3.63, 3.8) is 0 Å². The molecule has 0 saturated heterocycles. The lowest BCUT2D eigenvalue weighted by atomic mass is 9.68. The van der Waals surface area contributed by atoms with Gasteiger partial charge in [0.2, 0.25) is 11.8 Å². The molecule has 1 amide bonds. The number of ether oxygens (including phenoxy) is 2. The van der Waals surface area contributed by atoms with Crippen molar-refractivity contribution in [1.82, 2.24) is 15.3 Å². The largest absolute Gasteiger partial charge is 0.474 e. The molecule has 2 saturated carbocycles. The number of carbonyl (C=O) groups is 1. The number of aromatic amines is 1. The van der Waals surface area contributed by atoms with Gasteiger partial charge in [-0.3, -0.25) is 9.78 Å². The molecule has 1 aromatic carbocycles. The van der Waals surface area contributed by atoms with Gasteiger partial charge in [-0.25, -0.2) is 4.79 Å². The SMILES string of the molecule is O=C(COc1cc(OCc2ccccc2)[nH]c(=O)n1)NCC1CC2CCCC(C2)C1. The molecule has 0 spiro atoms. The first-order chi connectivity index (χ1) is 14.6. The minimum atomic E-state index is -0.579. The summed E-state index contributed by atoms with van der Waals surface area (Å²) in [7, 11) is 0. The fourth-order valence-electron chi connectivity index (χ4n) is 4.79. The van der Waals surface area contributed by atoms with Crippen LogP contribution in [0.5, 0.6) is 11.8 Å². The van der Waals surface area contributed by atoms with Gasteiger partial charge in [0.05, 0.1) is 6.07 Å². The van der Waals surface area contributed by atoms with Gasteiger partial charge in [-0.15, -0.1) is 0 Å². The molecule has 2 bridgehead atoms. The quantitative estimate of drug-likeness (QED) is 0.696. The Morgan fingerprint density at radius 1 is 1.10 bits per heavy atom. The maximum Gasteiger partial charge on any atom is 0.351 e. The molecular weight excluding hydrogens is 382 g/mol. The summed E-state index contributed by atoms with van der Waals surface area (Å²) < 4.78 is 11.0. The van der Waals surface area contributed by atoms with E-state index < -0.39 is 5.69 Å². The summed E-state index contributed by atoms with van der Waals surface area (Å²) in [5, 5.41) is 2.98. The summed E-state index contributed by atoms with van der Waals surface area (Å²) in [6.45, 7) is 0.835. The molecule has 160 valence electrons. The van der Waals surface area contributed by atoms with Crippen LogP contribution in [0.1, 0.15) is 44.1 Å². The molecule has 0 radical (unpaired) electrons. The predicted octanol–water partition coefficient (Wildman–Crippen LogP) is 3.06. The standard InChI is InChI=1S/C23H29N3O4/c27-20(24-13-19-10-17-7-4-8-18(9-17)11-19)15-30-22-12-21(25-23(28)26-22)29-14-16-5-2-1-3-6-16/h1-3,5-6,12,17-19H,4,7-11,13-15H2,(H,24,27)(H,25,26,28). The average molecular weight is 412 g/mol. The summed E-state index contributed by atoms with van der Waals surface area (Å²) in [5.41, 5.74) is 0.397. The van der Waals surface area contributed by atoms with Gasteiger partial charge in [-0.1, -0.05) is 49.6 Å². The molecule has 2 aliphatic rings. The van der Waals surface area contributed by atoms with Crippen LogP contribution in [0.2, 0.25) is 0 Å². The van der Waals surface area contributed by atoms with E-state index in [1.54, 1.807) is 0 Å². The lowest BCUT2D eigenvalue weighted by molar-refractivity contribution is -0.123. The van der Waals surface area contributed by atoms with Gasteiger partial charge in [-0.2, -0.15) is 4.98 Å². The second-order valence-corrected chi connectivity index (χ2v) is 8.49. The van der Waals surface area contributed by atoms with Crippen LogP contribution < -0.4 is 20.5 Å². The zero-order chi connectivity index (χ0) is 20.8. The van der Waals surface area contributed by atoms with Gasteiger partial charge in [-0.05, 0) is 42.6 Å². The summed E-state index contributed by atoms with van der Waals surface area (Å²) in [4.78, 5) is 30.3. The highest BCUT2D eigenvalue weighted by molar-refractivity contribution is 5.77. The minimum Gasteiger partial charge on any atom is -0.474 e. The van der Waals surface area contributed by atoms with E-state index in [1.165, 1.54) is 44.6 Å². The molecule has 2 aromatic rings. The van der Waals surface area contributed by atoms with Crippen molar-refractivity contribution < 1.29 is 14.3 Å². The summed E-state index contributed by atoms with van der Waals surface area (Å²) >= 11 is 0. The molecule has 2 atom stereocenters. The van der Waals surface area contributed by atoms with Crippen molar-refractivity contribution in [3.05, 3.63) is 52.4 Å². The Morgan fingerprint density at radius 2 is 1.87 bits per heavy atom. The molecule has 1 aromatic heterocycles. The number of aromatic nitrogens is 2. The average Bonchev–Trinajstić information content (AvgIpc) is 2.75. The van der Waals surface area contributed by atoms with Crippen LogP contribution in [0.15, 0.2) is 41.2 Å². The van der Waals surface area contributed by atoms with E-state index in [1.807, 2.05) is 30.3 Å². The maximum absolute atomic E-state index is 12.2. The number of nitrogens with one attached hydrogen (secondary N) is 2. The second kappa shape index (κ2) is 9.78. The Labute approximate surface area is 176 Å². The number of benzene rings is 1. The van der Waals surface area contributed by atoms with Crippen LogP contribution in [0.4, 0.5) is 0 Å². The normalized spacial score (nSPS) is 22.9. The third-order valence-corrected chi connectivity index (χ3v) is 6.10. The third kappa shape index (κ3) is 5.84. The topological polar surface area (TPSA) is 93.3 Å². The van der Waals surface area contributed by atoms with Gasteiger partial charge < -0.3 is 14.8 Å². The molecule has 4 rings (SSSR count). The molecule has 1 heterocycles. The zero-order valence-corrected chi connectivity index (χ0v) is 17.1. The Morgan fingerprint density at radius 3 is 2.63 bits per heavy atom. The van der Waals surface area contributed by atoms with Crippen molar-refractivity contribution in [3.8, 4) is 11.8 Å². The molecule has 7 nitrogen and oxygen atoms in total. The number of rotatable bonds is 8. The van der Waals surface area contributed by atoms with Gasteiger partial charge in [0, 0.05) is 6.54 Å². The first-order valence-corrected chi connectivity index (χ1v) is 10.8. The Kier molecular flexibility index (Phi) is 6.67. The summed E-state index contributed by atoms with van der Waals surface area (Å²) in [6.07, 6.45) is 7.85. The molecule has 2 N–H and O–H groups in total. The third-order valence-electron chi connectivity index (χ3n) is 6.10. The zero-order valence-electron chi connectivity index (χ0n) is 17.1. The Bertz CT molecular complexity index is 887. The predicted molar refractivity (Wildman–Crippen MR) is 112 cm³/mol. The van der Waals surface area contributed by atoms with Crippen LogP contribution in [-0.4, -0.2) is 29.0 Å². The molecule has 0 aliphatic heterocycles. The molecule has 2 aliphatic carbocycles. The molecule has 2 fully saturated rings. The van der Waals surface area contributed by atoms with Crippen LogP contribution in [0.3, 0.4) is 0 Å². The smallest absolute Gasteiger partial charge is 0.351 e. The van der Waals surface area contributed by atoms with E-state index in [0.717, 1.165) is 17.4 Å². The van der Waals surface area contributed by atoms with E-state index in [9.17, 15) is 9.59 Å². The number of nitrogens with zero attached hydrogens (tertiary/aromatic N) is 1. The number of fused-ring (bicyclic) bond motifs is 2. The Hall–Kier alpha value is -2.83. The van der Waals surface area contributed by atoms with Crippen molar-refractivity contribution in [2.24, 2.45) is 17.8 Å². The first-order valence-electron chi connectivity index (χ1n) is 10.8. The van der Waals surface area contributed by atoms with Crippen molar-refractivity contribution in [2.45, 2.75) is 45.1 Å². The number of carbonyl (C=O) groups excluding carboxylic acids is 1. The van der Waals surface area contributed by atoms with Gasteiger partial charge in [0.1, 0.15) is 6.61 Å². The van der Waals surface area contributed by atoms with Crippen molar-refractivity contribution in [1.29, 1.82) is 0 Å². The van der Waals surface area contributed by atoms with Crippen molar-refractivity contribution in [2.75, 3.05) is 13.2 Å². The maximum atomic E-state index is 12.2. The fourth-order valence-corrected chi connectivity index (χ4v) is 4.79. The first kappa shape index (κ1) is 20.4. The number of hydrogen-bond donors (Lipinski definition) is 2. The lowest BCUT2D eigenvalue weighted by Crippen LogP contribution is -2.37. The van der Waals surface area contributed by atoms with Gasteiger partial charge in [0.15, 0.2) is 6.61 Å².